The highest BCUT2D eigenvalue weighted by molar-refractivity contribution is 5.85. The maximum absolute atomic E-state index is 12.1. The van der Waals surface area contributed by atoms with Crippen molar-refractivity contribution in [3.63, 3.8) is 0 Å². The number of hydrogen-bond donors (Lipinski definition) is 2. The Bertz CT molecular complexity index is 798. The SMILES string of the molecule is Cc1ccc(CNC(=O)CCC[C@H]2NC[C@H]3C[C@@H]2CN(Cc2cccnc2)C3)o1.Cl. The van der Waals surface area contributed by atoms with Crippen LogP contribution in [0, 0.1) is 18.8 Å². The topological polar surface area (TPSA) is 70.4 Å². The van der Waals surface area contributed by atoms with Crippen LogP contribution in [0.5, 0.6) is 0 Å². The summed E-state index contributed by atoms with van der Waals surface area (Å²) in [5.41, 5.74) is 1.29. The first-order chi connectivity index (χ1) is 14.2. The van der Waals surface area contributed by atoms with Crippen molar-refractivity contribution in [3.05, 3.63) is 53.7 Å². The standard InChI is InChI=1S/C23H32N4O2.ClH/c1-17-7-8-21(29-17)13-26-23(28)6-2-5-22-20-10-19(12-25-22)15-27(16-20)14-18-4-3-9-24-11-18;/h3-4,7-9,11,19-20,22,25H,2,5-6,10,12-16H2,1H3,(H,26,28);1H/t19-,20-,22-;/m1./s1. The van der Waals surface area contributed by atoms with Gasteiger partial charge in [0.15, 0.2) is 0 Å². The molecule has 2 N–H and O–H groups in total. The molecule has 2 aromatic rings. The van der Waals surface area contributed by atoms with Gasteiger partial charge in [0.25, 0.3) is 0 Å². The molecule has 2 bridgehead atoms. The highest BCUT2D eigenvalue weighted by atomic mass is 35.5. The van der Waals surface area contributed by atoms with E-state index in [-0.39, 0.29) is 18.3 Å². The Hall–Kier alpha value is -1.89. The van der Waals surface area contributed by atoms with Crippen molar-refractivity contribution in [1.82, 2.24) is 20.5 Å². The summed E-state index contributed by atoms with van der Waals surface area (Å²) in [5.74, 6) is 3.21. The second-order valence-corrected chi connectivity index (χ2v) is 8.61. The summed E-state index contributed by atoms with van der Waals surface area (Å²) in [6.45, 7) is 6.77. The average Bonchev–Trinajstić information content (AvgIpc) is 3.14. The Kier molecular flexibility index (Phi) is 8.31. The summed E-state index contributed by atoms with van der Waals surface area (Å²) in [4.78, 5) is 19.0. The first kappa shape index (κ1) is 22.8. The lowest BCUT2D eigenvalue weighted by Crippen LogP contribution is -2.55. The molecule has 1 amide bonds. The number of carbonyl (C=O) groups is 1. The van der Waals surface area contributed by atoms with Gasteiger partial charge in [-0.05, 0) is 68.3 Å². The zero-order valence-electron chi connectivity index (χ0n) is 17.7. The lowest BCUT2D eigenvalue weighted by molar-refractivity contribution is -0.121. The minimum Gasteiger partial charge on any atom is -0.465 e. The smallest absolute Gasteiger partial charge is 0.220 e. The molecule has 2 aromatic heterocycles. The zero-order valence-corrected chi connectivity index (χ0v) is 18.5. The maximum atomic E-state index is 12.1. The van der Waals surface area contributed by atoms with Crippen molar-refractivity contribution >= 4 is 18.3 Å². The predicted octanol–water partition coefficient (Wildman–Crippen LogP) is 3.30. The molecule has 2 fully saturated rings. The minimum absolute atomic E-state index is 0. The van der Waals surface area contributed by atoms with Gasteiger partial charge in [0.2, 0.25) is 5.91 Å². The Morgan fingerprint density at radius 1 is 1.33 bits per heavy atom. The largest absolute Gasteiger partial charge is 0.465 e. The molecule has 164 valence electrons. The van der Waals surface area contributed by atoms with Crippen LogP contribution in [-0.2, 0) is 17.9 Å². The molecule has 4 heterocycles. The number of aromatic nitrogens is 1. The summed E-state index contributed by atoms with van der Waals surface area (Å²) in [6, 6.07) is 8.53. The summed E-state index contributed by atoms with van der Waals surface area (Å²) in [5, 5.41) is 6.71. The van der Waals surface area contributed by atoms with Gasteiger partial charge >= 0.3 is 0 Å². The number of amides is 1. The van der Waals surface area contributed by atoms with Gasteiger partial charge in [0.05, 0.1) is 6.54 Å². The minimum atomic E-state index is 0. The zero-order chi connectivity index (χ0) is 20.1. The fourth-order valence-corrected chi connectivity index (χ4v) is 4.83. The summed E-state index contributed by atoms with van der Waals surface area (Å²) in [6.07, 6.45) is 7.68. The second kappa shape index (κ2) is 10.9. The number of aryl methyl sites for hydroxylation is 1. The van der Waals surface area contributed by atoms with Gasteiger partial charge in [-0.3, -0.25) is 14.7 Å². The highest BCUT2D eigenvalue weighted by Gasteiger charge is 2.36. The highest BCUT2D eigenvalue weighted by Crippen LogP contribution is 2.31. The van der Waals surface area contributed by atoms with Gasteiger partial charge in [-0.25, -0.2) is 0 Å². The molecule has 7 heteroatoms. The van der Waals surface area contributed by atoms with E-state index >= 15 is 0 Å². The van der Waals surface area contributed by atoms with Crippen LogP contribution in [-0.4, -0.2) is 41.5 Å². The molecule has 6 nitrogen and oxygen atoms in total. The molecule has 0 radical (unpaired) electrons. The number of hydrogen-bond acceptors (Lipinski definition) is 5. The van der Waals surface area contributed by atoms with E-state index in [4.69, 9.17) is 4.42 Å². The van der Waals surface area contributed by atoms with Crippen molar-refractivity contribution < 1.29 is 9.21 Å². The van der Waals surface area contributed by atoms with Crippen molar-refractivity contribution in [2.24, 2.45) is 11.8 Å². The normalized spacial score (nSPS) is 23.6. The first-order valence-electron chi connectivity index (χ1n) is 10.8. The fourth-order valence-electron chi connectivity index (χ4n) is 4.83. The van der Waals surface area contributed by atoms with Gasteiger partial charge in [0, 0.05) is 44.5 Å². The monoisotopic (exact) mass is 432 g/mol. The van der Waals surface area contributed by atoms with Crippen LogP contribution in [0.4, 0.5) is 0 Å². The number of furan rings is 1. The molecule has 0 aliphatic carbocycles. The number of halogens is 1. The molecule has 2 aliphatic rings. The number of fused-ring (bicyclic) bond motifs is 2. The molecule has 2 aliphatic heterocycles. The third-order valence-corrected chi connectivity index (χ3v) is 6.19. The van der Waals surface area contributed by atoms with E-state index in [1.54, 1.807) is 0 Å². The molecule has 0 unspecified atom stereocenters. The number of likely N-dealkylation sites (tertiary alicyclic amines) is 1. The second-order valence-electron chi connectivity index (χ2n) is 8.61. The van der Waals surface area contributed by atoms with Gasteiger partial charge in [-0.15, -0.1) is 12.4 Å². The Morgan fingerprint density at radius 2 is 2.23 bits per heavy atom. The lowest BCUT2D eigenvalue weighted by Gasteiger charge is -2.46. The third-order valence-electron chi connectivity index (χ3n) is 6.19. The number of carbonyl (C=O) groups excluding carboxylic acids is 1. The van der Waals surface area contributed by atoms with E-state index in [0.717, 1.165) is 49.9 Å². The molecule has 3 atom stereocenters. The van der Waals surface area contributed by atoms with Gasteiger partial charge < -0.3 is 15.1 Å². The average molecular weight is 433 g/mol. The van der Waals surface area contributed by atoms with E-state index in [2.05, 4.69) is 26.6 Å². The molecule has 0 spiro atoms. The van der Waals surface area contributed by atoms with Crippen LogP contribution >= 0.6 is 12.4 Å². The summed E-state index contributed by atoms with van der Waals surface area (Å²) < 4.78 is 5.50. The van der Waals surface area contributed by atoms with Crippen LogP contribution in [0.1, 0.15) is 42.8 Å². The van der Waals surface area contributed by atoms with Gasteiger partial charge in [-0.2, -0.15) is 0 Å². The van der Waals surface area contributed by atoms with Crippen molar-refractivity contribution in [2.45, 2.75) is 51.7 Å². The Morgan fingerprint density at radius 3 is 3.00 bits per heavy atom. The Labute approximate surface area is 185 Å². The number of nitrogens with zero attached hydrogens (tertiary/aromatic N) is 2. The van der Waals surface area contributed by atoms with Crippen molar-refractivity contribution in [2.75, 3.05) is 19.6 Å². The number of pyridine rings is 1. The van der Waals surface area contributed by atoms with Crippen molar-refractivity contribution in [1.29, 1.82) is 0 Å². The van der Waals surface area contributed by atoms with Crippen LogP contribution in [0.15, 0.2) is 41.1 Å². The van der Waals surface area contributed by atoms with E-state index in [9.17, 15) is 4.79 Å². The molecular weight excluding hydrogens is 400 g/mol. The molecule has 30 heavy (non-hydrogen) atoms. The van der Waals surface area contributed by atoms with Gasteiger partial charge in [0.1, 0.15) is 11.5 Å². The number of nitrogens with one attached hydrogen (secondary N) is 2. The first-order valence-corrected chi connectivity index (χ1v) is 10.8. The molecular formula is C23H33ClN4O2. The maximum Gasteiger partial charge on any atom is 0.220 e. The molecule has 0 aromatic carbocycles. The van der Waals surface area contributed by atoms with Crippen molar-refractivity contribution in [3.8, 4) is 0 Å². The van der Waals surface area contributed by atoms with Crippen LogP contribution in [0.2, 0.25) is 0 Å². The van der Waals surface area contributed by atoms with E-state index in [1.165, 1.54) is 18.5 Å². The molecule has 4 rings (SSSR count). The summed E-state index contributed by atoms with van der Waals surface area (Å²) in [7, 11) is 0. The number of piperidine rings is 2. The Balaban J connectivity index is 0.00000256. The molecule has 0 saturated carbocycles. The van der Waals surface area contributed by atoms with E-state index in [0.29, 0.717) is 24.9 Å². The van der Waals surface area contributed by atoms with Crippen LogP contribution in [0.25, 0.3) is 0 Å². The van der Waals surface area contributed by atoms with Crippen LogP contribution in [0.3, 0.4) is 0 Å². The van der Waals surface area contributed by atoms with E-state index < -0.39 is 0 Å². The fraction of sp³-hybridized carbons (Fsp3) is 0.565. The van der Waals surface area contributed by atoms with E-state index in [1.807, 2.05) is 37.5 Å². The summed E-state index contributed by atoms with van der Waals surface area (Å²) >= 11 is 0. The lowest BCUT2D eigenvalue weighted by atomic mass is 9.79. The van der Waals surface area contributed by atoms with Crippen LogP contribution < -0.4 is 10.6 Å². The quantitative estimate of drug-likeness (QED) is 0.669. The molecule has 2 saturated heterocycles. The predicted molar refractivity (Wildman–Crippen MR) is 119 cm³/mol. The number of rotatable bonds is 8. The third kappa shape index (κ3) is 6.30. The van der Waals surface area contributed by atoms with Gasteiger partial charge in [-0.1, -0.05) is 6.07 Å².